The Labute approximate surface area is 163 Å². The van der Waals surface area contributed by atoms with Crippen LogP contribution in [0.3, 0.4) is 0 Å². The molecule has 0 spiro atoms. The van der Waals surface area contributed by atoms with Gasteiger partial charge in [0.05, 0.1) is 0 Å². The van der Waals surface area contributed by atoms with Crippen molar-refractivity contribution in [3.8, 4) is 0 Å². The molecule has 6 nitrogen and oxygen atoms in total. The van der Waals surface area contributed by atoms with Crippen LogP contribution in [0.4, 0.5) is 5.69 Å². The Morgan fingerprint density at radius 2 is 1.93 bits per heavy atom. The Hall–Kier alpha value is -2.64. The van der Waals surface area contributed by atoms with Gasteiger partial charge in [0.1, 0.15) is 6.33 Å². The molecule has 0 radical (unpaired) electrons. The zero-order valence-corrected chi connectivity index (χ0v) is 16.0. The molecule has 7 heteroatoms. The van der Waals surface area contributed by atoms with Crippen LogP contribution in [0.1, 0.15) is 22.3 Å². The molecular weight excluding hydrogens is 360 g/mol. The molecule has 2 aromatic carbocycles. The number of rotatable bonds is 9. The summed E-state index contributed by atoms with van der Waals surface area (Å²) in [6, 6.07) is 17.1. The third kappa shape index (κ3) is 5.67. The number of methoxy groups -OCH3 is 1. The molecule has 1 heterocycles. The summed E-state index contributed by atoms with van der Waals surface area (Å²) in [6.07, 6.45) is 2.67. The van der Waals surface area contributed by atoms with Gasteiger partial charge in [-0.15, -0.1) is 10.2 Å². The van der Waals surface area contributed by atoms with Crippen molar-refractivity contribution in [3.63, 3.8) is 0 Å². The number of carbonyl (C=O) groups is 1. The summed E-state index contributed by atoms with van der Waals surface area (Å²) in [6.45, 7) is 1.55. The van der Waals surface area contributed by atoms with Crippen LogP contribution in [0.15, 0.2) is 66.1 Å². The summed E-state index contributed by atoms with van der Waals surface area (Å²) in [5.41, 5.74) is 2.55. The maximum atomic E-state index is 12.3. The first-order valence-corrected chi connectivity index (χ1v) is 9.69. The fourth-order valence-corrected chi connectivity index (χ4v) is 3.41. The van der Waals surface area contributed by atoms with Gasteiger partial charge < -0.3 is 14.6 Å². The zero-order chi connectivity index (χ0) is 18.9. The molecule has 0 bridgehead atoms. The van der Waals surface area contributed by atoms with Gasteiger partial charge in [-0.3, -0.25) is 4.79 Å². The first-order chi connectivity index (χ1) is 13.3. The Balaban J connectivity index is 1.54. The number of aromatic nitrogens is 3. The van der Waals surface area contributed by atoms with Crippen LogP contribution >= 0.6 is 11.8 Å². The van der Waals surface area contributed by atoms with Crippen molar-refractivity contribution in [2.45, 2.75) is 23.9 Å². The Morgan fingerprint density at radius 3 is 2.67 bits per heavy atom. The lowest BCUT2D eigenvalue weighted by Crippen LogP contribution is -2.11. The van der Waals surface area contributed by atoms with Crippen LogP contribution in [-0.2, 0) is 17.0 Å². The molecule has 0 unspecified atom stereocenters. The molecule has 1 amide bonds. The van der Waals surface area contributed by atoms with Crippen LogP contribution in [0.5, 0.6) is 0 Å². The highest BCUT2D eigenvalue weighted by Crippen LogP contribution is 2.21. The van der Waals surface area contributed by atoms with E-state index in [0.29, 0.717) is 5.56 Å². The second-order valence-electron chi connectivity index (χ2n) is 5.96. The standard InChI is InChI=1S/C20H22N4O2S/c1-26-13-5-12-24-15-21-23-20(24)27-14-16-8-10-17(11-9-16)19(25)22-18-6-3-2-4-7-18/h2-4,6-11,15H,5,12-14H2,1H3,(H,22,25). The number of thioether (sulfide) groups is 1. The molecule has 3 rings (SSSR count). The maximum absolute atomic E-state index is 12.3. The minimum atomic E-state index is -0.113. The smallest absolute Gasteiger partial charge is 0.255 e. The van der Waals surface area contributed by atoms with Crippen LogP contribution < -0.4 is 5.32 Å². The molecule has 1 aromatic heterocycles. The minimum Gasteiger partial charge on any atom is -0.385 e. The van der Waals surface area contributed by atoms with Gasteiger partial charge in [-0.25, -0.2) is 0 Å². The van der Waals surface area contributed by atoms with Crippen molar-refractivity contribution in [1.82, 2.24) is 14.8 Å². The molecular formula is C20H22N4O2S. The van der Waals surface area contributed by atoms with E-state index in [1.54, 1.807) is 25.2 Å². The average molecular weight is 382 g/mol. The number of carbonyl (C=O) groups excluding carboxylic acids is 1. The van der Waals surface area contributed by atoms with E-state index in [-0.39, 0.29) is 5.91 Å². The fraction of sp³-hybridized carbons (Fsp3) is 0.250. The first-order valence-electron chi connectivity index (χ1n) is 8.71. The number of hydrogen-bond donors (Lipinski definition) is 1. The summed E-state index contributed by atoms with van der Waals surface area (Å²) in [4.78, 5) is 12.3. The van der Waals surface area contributed by atoms with E-state index in [2.05, 4.69) is 15.5 Å². The van der Waals surface area contributed by atoms with E-state index >= 15 is 0 Å². The highest BCUT2D eigenvalue weighted by molar-refractivity contribution is 7.98. The lowest BCUT2D eigenvalue weighted by molar-refractivity contribution is 0.102. The quantitative estimate of drug-likeness (QED) is 0.450. The highest BCUT2D eigenvalue weighted by atomic mass is 32.2. The van der Waals surface area contributed by atoms with E-state index < -0.39 is 0 Å². The molecule has 0 aliphatic heterocycles. The van der Waals surface area contributed by atoms with Crippen molar-refractivity contribution in [3.05, 3.63) is 72.1 Å². The van der Waals surface area contributed by atoms with Gasteiger partial charge in [0.2, 0.25) is 0 Å². The average Bonchev–Trinajstić information content (AvgIpc) is 3.15. The number of aryl methyl sites for hydroxylation is 1. The monoisotopic (exact) mass is 382 g/mol. The molecule has 0 aliphatic rings. The van der Waals surface area contributed by atoms with Crippen molar-refractivity contribution < 1.29 is 9.53 Å². The Kier molecular flexibility index (Phi) is 7.01. The largest absolute Gasteiger partial charge is 0.385 e. The van der Waals surface area contributed by atoms with Crippen molar-refractivity contribution in [2.75, 3.05) is 19.0 Å². The normalized spacial score (nSPS) is 10.7. The second-order valence-corrected chi connectivity index (χ2v) is 6.90. The van der Waals surface area contributed by atoms with Crippen LogP contribution in [0, 0.1) is 0 Å². The minimum absolute atomic E-state index is 0.113. The van der Waals surface area contributed by atoms with Crippen LogP contribution in [0.25, 0.3) is 0 Å². The summed E-state index contributed by atoms with van der Waals surface area (Å²) in [5.74, 6) is 0.655. The highest BCUT2D eigenvalue weighted by Gasteiger charge is 2.08. The number of ether oxygens (including phenoxy) is 1. The fourth-order valence-electron chi connectivity index (χ4n) is 2.51. The van der Waals surface area contributed by atoms with Gasteiger partial charge in [-0.1, -0.05) is 42.1 Å². The summed E-state index contributed by atoms with van der Waals surface area (Å²) in [5, 5.41) is 11.9. The summed E-state index contributed by atoms with van der Waals surface area (Å²) < 4.78 is 7.12. The van der Waals surface area contributed by atoms with Gasteiger partial charge in [0.25, 0.3) is 5.91 Å². The lowest BCUT2D eigenvalue weighted by atomic mass is 10.1. The number of hydrogen-bond acceptors (Lipinski definition) is 5. The molecule has 0 saturated carbocycles. The summed E-state index contributed by atoms with van der Waals surface area (Å²) >= 11 is 1.63. The molecule has 140 valence electrons. The number of nitrogens with zero attached hydrogens (tertiary/aromatic N) is 3. The molecule has 1 N–H and O–H groups in total. The number of anilines is 1. The number of nitrogens with one attached hydrogen (secondary N) is 1. The first kappa shape index (κ1) is 19.1. The Morgan fingerprint density at radius 1 is 1.15 bits per heavy atom. The Bertz CT molecular complexity index is 850. The third-order valence-corrected chi connectivity index (χ3v) is 5.00. The molecule has 0 aliphatic carbocycles. The van der Waals surface area contributed by atoms with Gasteiger partial charge in [-0.2, -0.15) is 0 Å². The maximum Gasteiger partial charge on any atom is 0.255 e. The van der Waals surface area contributed by atoms with Gasteiger partial charge >= 0.3 is 0 Å². The van der Waals surface area contributed by atoms with Crippen molar-refractivity contribution in [1.29, 1.82) is 0 Å². The van der Waals surface area contributed by atoms with E-state index in [0.717, 1.165) is 41.7 Å². The predicted molar refractivity (Wildman–Crippen MR) is 107 cm³/mol. The third-order valence-electron chi connectivity index (χ3n) is 3.94. The topological polar surface area (TPSA) is 69.0 Å². The van der Waals surface area contributed by atoms with E-state index in [9.17, 15) is 4.79 Å². The molecule has 0 atom stereocenters. The van der Waals surface area contributed by atoms with Crippen molar-refractivity contribution in [2.24, 2.45) is 0 Å². The number of para-hydroxylation sites is 1. The van der Waals surface area contributed by atoms with Gasteiger partial charge in [0, 0.05) is 37.3 Å². The molecule has 0 saturated heterocycles. The van der Waals surface area contributed by atoms with Crippen LogP contribution in [0.2, 0.25) is 0 Å². The number of benzene rings is 2. The van der Waals surface area contributed by atoms with E-state index in [1.807, 2.05) is 59.2 Å². The molecule has 3 aromatic rings. The molecule has 27 heavy (non-hydrogen) atoms. The van der Waals surface area contributed by atoms with Crippen LogP contribution in [-0.4, -0.2) is 34.4 Å². The SMILES string of the molecule is COCCCn1cnnc1SCc1ccc(C(=O)Nc2ccccc2)cc1. The van der Waals surface area contributed by atoms with Gasteiger partial charge in [-0.05, 0) is 36.2 Å². The second kappa shape index (κ2) is 9.89. The van der Waals surface area contributed by atoms with Crippen molar-refractivity contribution >= 4 is 23.4 Å². The predicted octanol–water partition coefficient (Wildman–Crippen LogP) is 3.86. The lowest BCUT2D eigenvalue weighted by Gasteiger charge is -2.07. The number of amides is 1. The summed E-state index contributed by atoms with van der Waals surface area (Å²) in [7, 11) is 1.70. The van der Waals surface area contributed by atoms with E-state index in [1.165, 1.54) is 0 Å². The van der Waals surface area contributed by atoms with E-state index in [4.69, 9.17) is 4.74 Å². The van der Waals surface area contributed by atoms with Gasteiger partial charge in [0.15, 0.2) is 5.16 Å². The molecule has 0 fully saturated rings. The zero-order valence-electron chi connectivity index (χ0n) is 15.2.